The first kappa shape index (κ1) is 13.8. The van der Waals surface area contributed by atoms with Gasteiger partial charge in [-0.2, -0.15) is 10.4 Å². The summed E-state index contributed by atoms with van der Waals surface area (Å²) in [6.07, 6.45) is 5.86. The molecule has 19 heavy (non-hydrogen) atoms. The topological polar surface area (TPSA) is 78.9 Å². The summed E-state index contributed by atoms with van der Waals surface area (Å²) < 4.78 is 1.36. The van der Waals surface area contributed by atoms with Crippen molar-refractivity contribution < 1.29 is 5.11 Å². The normalized spacial score (nSPS) is 17.9. The summed E-state index contributed by atoms with van der Waals surface area (Å²) in [6.45, 7) is 0.268. The summed E-state index contributed by atoms with van der Waals surface area (Å²) >= 11 is 0. The zero-order valence-corrected chi connectivity index (χ0v) is 11.0. The molecule has 1 fully saturated rings. The van der Waals surface area contributed by atoms with Gasteiger partial charge in [-0.15, -0.1) is 0 Å². The van der Waals surface area contributed by atoms with E-state index in [2.05, 4.69) is 11.2 Å². The zero-order valence-electron chi connectivity index (χ0n) is 11.0. The van der Waals surface area contributed by atoms with E-state index in [1.807, 2.05) is 0 Å². The quantitative estimate of drug-likeness (QED) is 0.892. The molecule has 1 aliphatic rings. The summed E-state index contributed by atoms with van der Waals surface area (Å²) in [5.41, 5.74) is 0.00422. The minimum absolute atomic E-state index is 0.177. The zero-order chi connectivity index (χ0) is 13.7. The molecule has 5 nitrogen and oxygen atoms in total. The van der Waals surface area contributed by atoms with Gasteiger partial charge in [0.2, 0.25) is 0 Å². The Morgan fingerprint density at radius 3 is 2.74 bits per heavy atom. The fourth-order valence-corrected chi connectivity index (χ4v) is 2.70. The molecule has 0 radical (unpaired) electrons. The van der Waals surface area contributed by atoms with Gasteiger partial charge >= 0.3 is 0 Å². The first-order chi connectivity index (χ1) is 9.19. The van der Waals surface area contributed by atoms with Crippen molar-refractivity contribution in [3.05, 3.63) is 28.2 Å². The summed E-state index contributed by atoms with van der Waals surface area (Å²) in [5.74, 6) is 0. The summed E-state index contributed by atoms with van der Waals surface area (Å²) in [5, 5.41) is 22.5. The van der Waals surface area contributed by atoms with Crippen molar-refractivity contribution in [3.8, 4) is 6.07 Å². The molecule has 0 spiro atoms. The second kappa shape index (κ2) is 5.98. The molecule has 5 heteroatoms. The van der Waals surface area contributed by atoms with Crippen molar-refractivity contribution in [1.82, 2.24) is 9.78 Å². The van der Waals surface area contributed by atoms with Gasteiger partial charge < -0.3 is 5.11 Å². The van der Waals surface area contributed by atoms with Crippen LogP contribution in [-0.4, -0.2) is 14.9 Å². The van der Waals surface area contributed by atoms with E-state index in [-0.39, 0.29) is 17.6 Å². The fraction of sp³-hybridized carbons (Fsp3) is 0.643. The highest BCUT2D eigenvalue weighted by atomic mass is 16.3. The van der Waals surface area contributed by atoms with Gasteiger partial charge in [0.1, 0.15) is 0 Å². The molecule has 102 valence electrons. The van der Waals surface area contributed by atoms with Crippen molar-refractivity contribution in [2.45, 2.75) is 51.7 Å². The van der Waals surface area contributed by atoms with Crippen LogP contribution in [0.15, 0.2) is 16.9 Å². The lowest BCUT2D eigenvalue weighted by molar-refractivity contribution is 0.230. The Labute approximate surface area is 112 Å². The molecule has 1 aliphatic carbocycles. The smallest absolute Gasteiger partial charge is 0.266 e. The van der Waals surface area contributed by atoms with Gasteiger partial charge in [-0.3, -0.25) is 4.79 Å². The summed E-state index contributed by atoms with van der Waals surface area (Å²) in [7, 11) is 0. The molecule has 1 N–H and O–H groups in total. The lowest BCUT2D eigenvalue weighted by Gasteiger charge is -2.30. The largest absolute Gasteiger partial charge is 0.390 e. The van der Waals surface area contributed by atoms with E-state index in [1.165, 1.54) is 23.2 Å². The van der Waals surface area contributed by atoms with E-state index in [1.54, 1.807) is 0 Å². The van der Waals surface area contributed by atoms with Gasteiger partial charge in [-0.05, 0) is 25.3 Å². The Morgan fingerprint density at radius 2 is 2.11 bits per heavy atom. The van der Waals surface area contributed by atoms with Crippen LogP contribution in [0.25, 0.3) is 0 Å². The van der Waals surface area contributed by atoms with Gasteiger partial charge in [-0.1, -0.05) is 19.3 Å². The molecule has 1 saturated carbocycles. The Bertz CT molecular complexity index is 524. The number of aliphatic hydroxyl groups excluding tert-OH is 1. The van der Waals surface area contributed by atoms with E-state index in [4.69, 9.17) is 5.11 Å². The van der Waals surface area contributed by atoms with Crippen LogP contribution in [0, 0.1) is 16.7 Å². The Morgan fingerprint density at radius 1 is 1.37 bits per heavy atom. The van der Waals surface area contributed by atoms with Crippen molar-refractivity contribution >= 4 is 0 Å². The van der Waals surface area contributed by atoms with Crippen LogP contribution in [0.3, 0.4) is 0 Å². The molecule has 0 unspecified atom stereocenters. The predicted molar refractivity (Wildman–Crippen MR) is 70.2 cm³/mol. The molecule has 2 rings (SSSR count). The van der Waals surface area contributed by atoms with Crippen LogP contribution in [0.2, 0.25) is 0 Å². The van der Waals surface area contributed by atoms with E-state index in [9.17, 15) is 10.1 Å². The van der Waals surface area contributed by atoms with Crippen molar-refractivity contribution in [3.63, 3.8) is 0 Å². The highest BCUT2D eigenvalue weighted by molar-refractivity contribution is 5.01. The third-order valence-electron chi connectivity index (χ3n) is 3.93. The second-order valence-electron chi connectivity index (χ2n) is 5.25. The third kappa shape index (κ3) is 3.21. The molecule has 0 aliphatic heterocycles. The van der Waals surface area contributed by atoms with E-state index >= 15 is 0 Å². The molecule has 0 atom stereocenters. The molecular formula is C14H19N3O2. The molecule has 0 saturated heterocycles. The van der Waals surface area contributed by atoms with Crippen molar-refractivity contribution in [1.29, 1.82) is 5.26 Å². The fourth-order valence-electron chi connectivity index (χ4n) is 2.70. The van der Waals surface area contributed by atoms with E-state index < -0.39 is 0 Å². The molecule has 0 aromatic carbocycles. The number of hydrogen-bond donors (Lipinski definition) is 1. The van der Waals surface area contributed by atoms with Gasteiger partial charge in [0.15, 0.2) is 0 Å². The molecule has 1 aromatic rings. The summed E-state index contributed by atoms with van der Waals surface area (Å²) in [4.78, 5) is 11.7. The maximum atomic E-state index is 11.7. The minimum atomic E-state index is -0.297. The van der Waals surface area contributed by atoms with Gasteiger partial charge in [0, 0.05) is 12.6 Å². The monoisotopic (exact) mass is 261 g/mol. The number of rotatable bonds is 4. The van der Waals surface area contributed by atoms with Crippen LogP contribution < -0.4 is 5.56 Å². The summed E-state index contributed by atoms with van der Waals surface area (Å²) in [6, 6.07) is 5.39. The van der Waals surface area contributed by atoms with E-state index in [0.717, 1.165) is 25.7 Å². The average Bonchev–Trinajstić information content (AvgIpc) is 2.47. The second-order valence-corrected chi connectivity index (χ2v) is 5.25. The number of aromatic nitrogens is 2. The number of aliphatic hydroxyl groups is 1. The maximum Gasteiger partial charge on any atom is 0.266 e. The van der Waals surface area contributed by atoms with E-state index in [0.29, 0.717) is 18.7 Å². The Hall–Kier alpha value is -1.67. The Balaban J connectivity index is 2.09. The molecule has 0 bridgehead atoms. The van der Waals surface area contributed by atoms with Crippen LogP contribution in [0.1, 0.15) is 44.2 Å². The predicted octanol–water partition coefficient (Wildman–Crippen LogP) is 1.60. The number of nitriles is 1. The minimum Gasteiger partial charge on any atom is -0.390 e. The third-order valence-corrected chi connectivity index (χ3v) is 3.93. The highest BCUT2D eigenvalue weighted by Crippen LogP contribution is 2.38. The van der Waals surface area contributed by atoms with Crippen LogP contribution in [-0.2, 0) is 13.2 Å². The average molecular weight is 261 g/mol. The standard InChI is InChI=1S/C14H19N3O2/c15-11-14(6-2-1-3-7-14)8-9-17-13(19)5-4-12(10-18)16-17/h4-5,18H,1-3,6-10H2. The Kier molecular flexibility index (Phi) is 4.33. The SMILES string of the molecule is N#CC1(CCn2nc(CO)ccc2=O)CCCCC1. The van der Waals surface area contributed by atoms with Crippen molar-refractivity contribution in [2.24, 2.45) is 5.41 Å². The molecule has 1 heterocycles. The van der Waals surface area contributed by atoms with Crippen LogP contribution in [0.4, 0.5) is 0 Å². The first-order valence-corrected chi connectivity index (χ1v) is 6.78. The number of aryl methyl sites for hydroxylation is 1. The first-order valence-electron chi connectivity index (χ1n) is 6.78. The highest BCUT2D eigenvalue weighted by Gasteiger charge is 2.31. The molecule has 0 amide bonds. The lowest BCUT2D eigenvalue weighted by atomic mass is 9.73. The maximum absolute atomic E-state index is 11.7. The van der Waals surface area contributed by atoms with Gasteiger partial charge in [0.25, 0.3) is 5.56 Å². The van der Waals surface area contributed by atoms with Crippen molar-refractivity contribution in [2.75, 3.05) is 0 Å². The lowest BCUT2D eigenvalue weighted by Crippen LogP contribution is -2.29. The van der Waals surface area contributed by atoms with Gasteiger partial charge in [0.05, 0.1) is 23.8 Å². The number of nitrogens with zero attached hydrogens (tertiary/aromatic N) is 3. The van der Waals surface area contributed by atoms with Gasteiger partial charge in [-0.25, -0.2) is 4.68 Å². The number of hydrogen-bond acceptors (Lipinski definition) is 4. The van der Waals surface area contributed by atoms with Crippen LogP contribution >= 0.6 is 0 Å². The molecule has 1 aromatic heterocycles. The van der Waals surface area contributed by atoms with Crippen LogP contribution in [0.5, 0.6) is 0 Å². The molecular weight excluding hydrogens is 242 g/mol.